The zero-order valence-corrected chi connectivity index (χ0v) is 10.3. The van der Waals surface area contributed by atoms with Crippen LogP contribution in [0.15, 0.2) is 18.2 Å². The van der Waals surface area contributed by atoms with E-state index in [-0.39, 0.29) is 10.8 Å². The fourth-order valence-electron chi connectivity index (χ4n) is 1.95. The molecule has 3 heteroatoms. The van der Waals surface area contributed by atoms with Crippen molar-refractivity contribution in [2.24, 2.45) is 5.41 Å². The van der Waals surface area contributed by atoms with Gasteiger partial charge in [0.2, 0.25) is 0 Å². The van der Waals surface area contributed by atoms with Crippen LogP contribution in [-0.2, 0) is 6.54 Å². The Morgan fingerprint density at radius 1 is 1.44 bits per heavy atom. The summed E-state index contributed by atoms with van der Waals surface area (Å²) in [4.78, 5) is 0. The number of rotatable bonds is 5. The van der Waals surface area contributed by atoms with Crippen molar-refractivity contribution in [1.82, 2.24) is 5.32 Å². The van der Waals surface area contributed by atoms with Crippen LogP contribution in [0.3, 0.4) is 0 Å². The second kappa shape index (κ2) is 4.72. The molecule has 1 aliphatic carbocycles. The van der Waals surface area contributed by atoms with Gasteiger partial charge in [-0.3, -0.25) is 0 Å². The van der Waals surface area contributed by atoms with Crippen LogP contribution in [0.25, 0.3) is 0 Å². The van der Waals surface area contributed by atoms with Gasteiger partial charge in [-0.1, -0.05) is 24.6 Å². The second-order valence-corrected chi connectivity index (χ2v) is 5.11. The Hall–Kier alpha value is -0.600. The molecule has 2 rings (SSSR count). The van der Waals surface area contributed by atoms with Gasteiger partial charge in [-0.15, -0.1) is 0 Å². The molecule has 1 aromatic rings. The van der Waals surface area contributed by atoms with Crippen LogP contribution in [0.4, 0.5) is 4.39 Å². The lowest BCUT2D eigenvalue weighted by Crippen LogP contribution is -2.23. The first-order valence-corrected chi connectivity index (χ1v) is 6.18. The molecule has 1 saturated carbocycles. The first kappa shape index (κ1) is 11.9. The third-order valence-electron chi connectivity index (χ3n) is 3.52. The van der Waals surface area contributed by atoms with Crippen LogP contribution in [0.5, 0.6) is 0 Å². The predicted octanol–water partition coefficient (Wildman–Crippen LogP) is 3.76. The van der Waals surface area contributed by atoms with Crippen molar-refractivity contribution in [3.8, 4) is 0 Å². The molecule has 1 nitrogen and oxygen atoms in total. The van der Waals surface area contributed by atoms with E-state index in [2.05, 4.69) is 12.2 Å². The highest BCUT2D eigenvalue weighted by Gasteiger charge is 2.39. The molecule has 0 unspecified atom stereocenters. The summed E-state index contributed by atoms with van der Waals surface area (Å²) in [6, 6.07) is 4.89. The van der Waals surface area contributed by atoms with Gasteiger partial charge in [-0.05, 0) is 42.4 Å². The minimum Gasteiger partial charge on any atom is -0.312 e. The van der Waals surface area contributed by atoms with Gasteiger partial charge in [-0.25, -0.2) is 4.39 Å². The molecule has 0 radical (unpaired) electrons. The third-order valence-corrected chi connectivity index (χ3v) is 3.81. The maximum atomic E-state index is 12.9. The Labute approximate surface area is 101 Å². The molecule has 0 aliphatic heterocycles. The molecule has 0 spiro atoms. The predicted molar refractivity (Wildman–Crippen MR) is 65.1 cm³/mol. The average molecular weight is 242 g/mol. The SMILES string of the molecule is CCC1(CNCc2ccc(F)c(Cl)c2)CC1. The molecular weight excluding hydrogens is 225 g/mol. The van der Waals surface area contributed by atoms with Crippen LogP contribution >= 0.6 is 11.6 Å². The van der Waals surface area contributed by atoms with Crippen LogP contribution in [0, 0.1) is 11.2 Å². The standard InChI is InChI=1S/C13H17ClFN/c1-2-13(5-6-13)9-16-8-10-3-4-12(15)11(14)7-10/h3-4,7,16H,2,5-6,8-9H2,1H3. The van der Waals surface area contributed by atoms with Gasteiger partial charge in [0.15, 0.2) is 0 Å². The summed E-state index contributed by atoms with van der Waals surface area (Å²) in [5, 5.41) is 3.63. The van der Waals surface area contributed by atoms with Crippen molar-refractivity contribution in [2.45, 2.75) is 32.7 Å². The van der Waals surface area contributed by atoms with Crippen molar-refractivity contribution in [3.05, 3.63) is 34.6 Å². The lowest BCUT2D eigenvalue weighted by atomic mass is 10.0. The molecular formula is C13H17ClFN. The summed E-state index contributed by atoms with van der Waals surface area (Å²) in [6.07, 6.45) is 3.91. The summed E-state index contributed by atoms with van der Waals surface area (Å²) in [5.41, 5.74) is 1.59. The zero-order chi connectivity index (χ0) is 11.6. The Kier molecular flexibility index (Phi) is 3.50. The topological polar surface area (TPSA) is 12.0 Å². The summed E-state index contributed by atoms with van der Waals surface area (Å²) in [6.45, 7) is 4.06. The maximum absolute atomic E-state index is 12.9. The molecule has 88 valence electrons. The largest absolute Gasteiger partial charge is 0.312 e. The van der Waals surface area contributed by atoms with E-state index < -0.39 is 0 Å². The van der Waals surface area contributed by atoms with Gasteiger partial charge >= 0.3 is 0 Å². The van der Waals surface area contributed by atoms with E-state index in [1.807, 2.05) is 0 Å². The van der Waals surface area contributed by atoms with E-state index in [9.17, 15) is 4.39 Å². The van der Waals surface area contributed by atoms with Crippen LogP contribution in [0.1, 0.15) is 31.7 Å². The van der Waals surface area contributed by atoms with E-state index in [0.29, 0.717) is 5.41 Å². The third kappa shape index (κ3) is 2.74. The smallest absolute Gasteiger partial charge is 0.141 e. The fraction of sp³-hybridized carbons (Fsp3) is 0.538. The first-order valence-electron chi connectivity index (χ1n) is 5.80. The summed E-state index contributed by atoms with van der Waals surface area (Å²) in [7, 11) is 0. The Morgan fingerprint density at radius 3 is 2.75 bits per heavy atom. The molecule has 0 amide bonds. The first-order chi connectivity index (χ1) is 7.65. The highest BCUT2D eigenvalue weighted by atomic mass is 35.5. The Bertz CT molecular complexity index is 374. The minimum absolute atomic E-state index is 0.205. The van der Waals surface area contributed by atoms with E-state index in [1.165, 1.54) is 25.3 Å². The van der Waals surface area contributed by atoms with Crippen molar-refractivity contribution < 1.29 is 4.39 Å². The van der Waals surface area contributed by atoms with Gasteiger partial charge in [0.1, 0.15) is 5.82 Å². The lowest BCUT2D eigenvalue weighted by molar-refractivity contribution is 0.443. The second-order valence-electron chi connectivity index (χ2n) is 4.71. The molecule has 16 heavy (non-hydrogen) atoms. The molecule has 0 bridgehead atoms. The monoisotopic (exact) mass is 241 g/mol. The normalized spacial score (nSPS) is 17.4. The number of benzene rings is 1. The minimum atomic E-state index is -0.349. The van der Waals surface area contributed by atoms with Crippen LogP contribution in [0.2, 0.25) is 5.02 Å². The highest BCUT2D eigenvalue weighted by molar-refractivity contribution is 6.30. The highest BCUT2D eigenvalue weighted by Crippen LogP contribution is 2.47. The molecule has 0 aromatic heterocycles. The van der Waals surface area contributed by atoms with Gasteiger partial charge in [0, 0.05) is 13.1 Å². The Morgan fingerprint density at radius 2 is 2.19 bits per heavy atom. The van der Waals surface area contributed by atoms with E-state index in [1.54, 1.807) is 12.1 Å². The average Bonchev–Trinajstić information content (AvgIpc) is 3.04. The lowest BCUT2D eigenvalue weighted by Gasteiger charge is -2.13. The quantitative estimate of drug-likeness (QED) is 0.828. The van der Waals surface area contributed by atoms with E-state index >= 15 is 0 Å². The van der Waals surface area contributed by atoms with E-state index in [4.69, 9.17) is 11.6 Å². The van der Waals surface area contributed by atoms with Crippen molar-refractivity contribution in [1.29, 1.82) is 0 Å². The van der Waals surface area contributed by atoms with Gasteiger partial charge in [0.05, 0.1) is 5.02 Å². The molecule has 0 atom stereocenters. The number of hydrogen-bond donors (Lipinski definition) is 1. The summed E-state index contributed by atoms with van der Waals surface area (Å²) in [5.74, 6) is -0.349. The molecule has 1 aliphatic rings. The van der Waals surface area contributed by atoms with Crippen molar-refractivity contribution >= 4 is 11.6 Å². The Balaban J connectivity index is 1.83. The molecule has 1 fully saturated rings. The summed E-state index contributed by atoms with van der Waals surface area (Å²) >= 11 is 5.72. The molecule has 0 saturated heterocycles. The molecule has 1 aromatic carbocycles. The molecule has 1 N–H and O–H groups in total. The molecule has 0 heterocycles. The number of halogens is 2. The van der Waals surface area contributed by atoms with Gasteiger partial charge < -0.3 is 5.32 Å². The fourth-order valence-corrected chi connectivity index (χ4v) is 2.16. The van der Waals surface area contributed by atoms with E-state index in [0.717, 1.165) is 18.7 Å². The number of hydrogen-bond acceptors (Lipinski definition) is 1. The maximum Gasteiger partial charge on any atom is 0.141 e. The van der Waals surface area contributed by atoms with Crippen molar-refractivity contribution in [3.63, 3.8) is 0 Å². The van der Waals surface area contributed by atoms with Gasteiger partial charge in [0.25, 0.3) is 0 Å². The van der Waals surface area contributed by atoms with Crippen LogP contribution in [-0.4, -0.2) is 6.54 Å². The van der Waals surface area contributed by atoms with Crippen LogP contribution < -0.4 is 5.32 Å². The number of nitrogens with one attached hydrogen (secondary N) is 1. The summed E-state index contributed by atoms with van der Waals surface area (Å²) < 4.78 is 12.9. The zero-order valence-electron chi connectivity index (χ0n) is 9.52. The van der Waals surface area contributed by atoms with Gasteiger partial charge in [-0.2, -0.15) is 0 Å². The van der Waals surface area contributed by atoms with Crippen molar-refractivity contribution in [2.75, 3.05) is 6.54 Å².